The molecule has 0 aliphatic rings. The predicted molar refractivity (Wildman–Crippen MR) is 54.9 cm³/mol. The molecule has 0 radical (unpaired) electrons. The van der Waals surface area contributed by atoms with Crippen LogP contribution in [-0.2, 0) is 6.18 Å². The van der Waals surface area contributed by atoms with Gasteiger partial charge in [0.25, 0.3) is 0 Å². The van der Waals surface area contributed by atoms with Crippen LogP contribution in [0, 0.1) is 0 Å². The maximum atomic E-state index is 12.7. The van der Waals surface area contributed by atoms with Crippen LogP contribution in [0.4, 0.5) is 13.2 Å². The van der Waals surface area contributed by atoms with Gasteiger partial charge in [-0.1, -0.05) is 25.1 Å². The molecule has 0 aliphatic heterocycles. The van der Waals surface area contributed by atoms with Crippen molar-refractivity contribution in [3.8, 4) is 0 Å². The zero-order valence-electron chi connectivity index (χ0n) is 8.88. The van der Waals surface area contributed by atoms with Crippen LogP contribution >= 0.6 is 0 Å². The van der Waals surface area contributed by atoms with Crippen LogP contribution in [0.5, 0.6) is 0 Å². The summed E-state index contributed by atoms with van der Waals surface area (Å²) in [5, 5.41) is 11.9. The van der Waals surface area contributed by atoms with Crippen molar-refractivity contribution in [2.75, 3.05) is 13.2 Å². The molecule has 0 saturated heterocycles. The molecule has 2 N–H and O–H groups in total. The molecule has 0 aliphatic carbocycles. The summed E-state index contributed by atoms with van der Waals surface area (Å²) in [6, 6.07) is 4.60. The van der Waals surface area contributed by atoms with Gasteiger partial charge >= 0.3 is 6.18 Å². The molecule has 0 aromatic heterocycles. The monoisotopic (exact) mass is 233 g/mol. The van der Waals surface area contributed by atoms with Crippen molar-refractivity contribution in [1.82, 2.24) is 5.32 Å². The Morgan fingerprint density at radius 3 is 2.44 bits per heavy atom. The fourth-order valence-corrected chi connectivity index (χ4v) is 1.58. The predicted octanol–water partition coefficient (Wildman–Crippen LogP) is 2.35. The largest absolute Gasteiger partial charge is 0.416 e. The topological polar surface area (TPSA) is 32.3 Å². The van der Waals surface area contributed by atoms with E-state index < -0.39 is 17.8 Å². The van der Waals surface area contributed by atoms with E-state index in [4.69, 9.17) is 5.11 Å². The third kappa shape index (κ3) is 2.96. The Balaban J connectivity index is 3.11. The lowest BCUT2D eigenvalue weighted by Crippen LogP contribution is -2.26. The SMILES string of the molecule is CCNC(CO)c1ccccc1C(F)(F)F. The third-order valence-corrected chi connectivity index (χ3v) is 2.27. The zero-order valence-corrected chi connectivity index (χ0v) is 8.88. The van der Waals surface area contributed by atoms with Crippen LogP contribution < -0.4 is 5.32 Å². The van der Waals surface area contributed by atoms with Crippen molar-refractivity contribution in [1.29, 1.82) is 0 Å². The number of alkyl halides is 3. The lowest BCUT2D eigenvalue weighted by molar-refractivity contribution is -0.138. The molecular weight excluding hydrogens is 219 g/mol. The van der Waals surface area contributed by atoms with E-state index in [1.807, 2.05) is 0 Å². The van der Waals surface area contributed by atoms with E-state index >= 15 is 0 Å². The van der Waals surface area contributed by atoms with Crippen molar-refractivity contribution in [3.63, 3.8) is 0 Å². The van der Waals surface area contributed by atoms with Gasteiger partial charge in [-0.05, 0) is 18.2 Å². The number of likely N-dealkylation sites (N-methyl/N-ethyl adjacent to an activating group) is 1. The number of nitrogens with one attached hydrogen (secondary N) is 1. The Morgan fingerprint density at radius 1 is 1.31 bits per heavy atom. The summed E-state index contributed by atoms with van der Waals surface area (Å²) in [4.78, 5) is 0. The molecule has 16 heavy (non-hydrogen) atoms. The first-order chi connectivity index (χ1) is 7.50. The summed E-state index contributed by atoms with van der Waals surface area (Å²) in [5.41, 5.74) is -0.616. The van der Waals surface area contributed by atoms with Crippen LogP contribution in [0.25, 0.3) is 0 Å². The Kier molecular flexibility index (Phi) is 4.32. The second-order valence-electron chi connectivity index (χ2n) is 3.38. The van der Waals surface area contributed by atoms with Gasteiger partial charge in [-0.3, -0.25) is 0 Å². The number of rotatable bonds is 4. The van der Waals surface area contributed by atoms with E-state index in [9.17, 15) is 13.2 Å². The van der Waals surface area contributed by atoms with Crippen LogP contribution in [0.15, 0.2) is 24.3 Å². The molecule has 2 nitrogen and oxygen atoms in total. The minimum Gasteiger partial charge on any atom is -0.394 e. The van der Waals surface area contributed by atoms with Crippen molar-refractivity contribution in [3.05, 3.63) is 35.4 Å². The normalized spacial score (nSPS) is 13.8. The number of aliphatic hydroxyl groups is 1. The van der Waals surface area contributed by atoms with E-state index in [-0.39, 0.29) is 12.2 Å². The highest BCUT2D eigenvalue weighted by Crippen LogP contribution is 2.34. The van der Waals surface area contributed by atoms with Crippen LogP contribution in [0.3, 0.4) is 0 Å². The summed E-state index contributed by atoms with van der Waals surface area (Å²) in [6.45, 7) is 1.91. The van der Waals surface area contributed by atoms with E-state index in [1.165, 1.54) is 18.2 Å². The molecule has 1 aromatic rings. The molecule has 0 heterocycles. The van der Waals surface area contributed by atoms with Gasteiger partial charge in [-0.2, -0.15) is 13.2 Å². The number of aliphatic hydroxyl groups excluding tert-OH is 1. The van der Waals surface area contributed by atoms with Crippen molar-refractivity contribution in [2.24, 2.45) is 0 Å². The highest BCUT2D eigenvalue weighted by Gasteiger charge is 2.34. The van der Waals surface area contributed by atoms with Crippen LogP contribution in [0.2, 0.25) is 0 Å². The summed E-state index contributed by atoms with van der Waals surface area (Å²) < 4.78 is 38.0. The molecule has 1 atom stereocenters. The van der Waals surface area contributed by atoms with E-state index in [1.54, 1.807) is 6.92 Å². The molecule has 0 saturated carbocycles. The van der Waals surface area contributed by atoms with Crippen LogP contribution in [-0.4, -0.2) is 18.3 Å². The quantitative estimate of drug-likeness (QED) is 0.836. The molecule has 1 aromatic carbocycles. The minimum absolute atomic E-state index is 0.0827. The minimum atomic E-state index is -4.39. The zero-order chi connectivity index (χ0) is 12.2. The molecule has 0 amide bonds. The Labute approximate surface area is 92.1 Å². The first-order valence-electron chi connectivity index (χ1n) is 5.01. The first kappa shape index (κ1) is 13.0. The number of halogens is 3. The fraction of sp³-hybridized carbons (Fsp3) is 0.455. The van der Waals surface area contributed by atoms with Crippen molar-refractivity contribution >= 4 is 0 Å². The van der Waals surface area contributed by atoms with E-state index in [0.717, 1.165) is 6.07 Å². The number of hydrogen-bond acceptors (Lipinski definition) is 2. The van der Waals surface area contributed by atoms with Crippen molar-refractivity contribution < 1.29 is 18.3 Å². The molecular formula is C11H14F3NO. The van der Waals surface area contributed by atoms with Crippen molar-refractivity contribution in [2.45, 2.75) is 19.1 Å². The van der Waals surface area contributed by atoms with E-state index in [0.29, 0.717) is 6.54 Å². The smallest absolute Gasteiger partial charge is 0.394 e. The third-order valence-electron chi connectivity index (χ3n) is 2.27. The average molecular weight is 233 g/mol. The molecule has 0 spiro atoms. The van der Waals surface area contributed by atoms with Crippen LogP contribution in [0.1, 0.15) is 24.1 Å². The fourth-order valence-electron chi connectivity index (χ4n) is 1.58. The van der Waals surface area contributed by atoms with Gasteiger partial charge < -0.3 is 10.4 Å². The second kappa shape index (κ2) is 5.32. The molecule has 1 unspecified atom stereocenters. The summed E-state index contributed by atoms with van der Waals surface area (Å²) in [7, 11) is 0. The standard InChI is InChI=1S/C11H14F3NO/c1-2-15-10(7-16)8-5-3-4-6-9(8)11(12,13)14/h3-6,10,15-16H,2,7H2,1H3. The summed E-state index contributed by atoms with van der Waals surface area (Å²) in [6.07, 6.45) is -4.39. The molecule has 5 heteroatoms. The van der Waals surface area contributed by atoms with Gasteiger partial charge in [-0.25, -0.2) is 0 Å². The molecule has 90 valence electrons. The second-order valence-corrected chi connectivity index (χ2v) is 3.38. The molecule has 0 fully saturated rings. The highest BCUT2D eigenvalue weighted by molar-refractivity contribution is 5.32. The van der Waals surface area contributed by atoms with E-state index in [2.05, 4.69) is 5.32 Å². The maximum absolute atomic E-state index is 12.7. The maximum Gasteiger partial charge on any atom is 0.416 e. The number of hydrogen-bond donors (Lipinski definition) is 2. The highest BCUT2D eigenvalue weighted by atomic mass is 19.4. The Bertz CT molecular complexity index is 338. The summed E-state index contributed by atoms with van der Waals surface area (Å²) in [5.74, 6) is 0. The summed E-state index contributed by atoms with van der Waals surface area (Å²) >= 11 is 0. The van der Waals surface area contributed by atoms with Gasteiger partial charge in [0.05, 0.1) is 18.2 Å². The van der Waals surface area contributed by atoms with Gasteiger partial charge in [0, 0.05) is 0 Å². The molecule has 0 bridgehead atoms. The lowest BCUT2D eigenvalue weighted by atomic mass is 10.0. The average Bonchev–Trinajstić information content (AvgIpc) is 2.25. The van der Waals surface area contributed by atoms with Gasteiger partial charge in [0.15, 0.2) is 0 Å². The van der Waals surface area contributed by atoms with Gasteiger partial charge in [-0.15, -0.1) is 0 Å². The van der Waals surface area contributed by atoms with Gasteiger partial charge in [0.2, 0.25) is 0 Å². The molecule has 1 rings (SSSR count). The Hall–Kier alpha value is -1.07. The Morgan fingerprint density at radius 2 is 1.94 bits per heavy atom. The number of benzene rings is 1. The lowest BCUT2D eigenvalue weighted by Gasteiger charge is -2.20. The first-order valence-corrected chi connectivity index (χ1v) is 5.01. The van der Waals surface area contributed by atoms with Gasteiger partial charge in [0.1, 0.15) is 0 Å².